The second kappa shape index (κ2) is 4.39. The average molecular weight is 224 g/mol. The number of nitrogens with zero attached hydrogens (tertiary/aromatic N) is 1. The zero-order valence-electron chi connectivity index (χ0n) is 8.26. The highest BCUT2D eigenvalue weighted by molar-refractivity contribution is 5.99. The third-order valence-electron chi connectivity index (χ3n) is 1.91. The van der Waals surface area contributed by atoms with Crippen molar-refractivity contribution in [3.8, 4) is 0 Å². The van der Waals surface area contributed by atoms with Crippen molar-refractivity contribution in [3.63, 3.8) is 0 Å². The topological polar surface area (TPSA) is 110 Å². The van der Waals surface area contributed by atoms with Gasteiger partial charge >= 0.3 is 5.97 Å². The number of rotatable bonds is 3. The number of benzene rings is 1. The number of hydrogen-bond acceptors (Lipinski definition) is 4. The number of nitro benzene ring substituents is 1. The standard InChI is InChI=1S/C9H8N2O5/c1-10-8(12)5-2-3-7(11(15)16)6(4-5)9(13)14/h2-4H,1H3,(H,10,12)(H,13,14). The van der Waals surface area contributed by atoms with Crippen molar-refractivity contribution in [2.24, 2.45) is 0 Å². The van der Waals surface area contributed by atoms with Gasteiger partial charge in [-0.15, -0.1) is 0 Å². The van der Waals surface area contributed by atoms with Gasteiger partial charge < -0.3 is 10.4 Å². The second-order valence-corrected chi connectivity index (χ2v) is 2.87. The molecule has 0 heterocycles. The van der Waals surface area contributed by atoms with Gasteiger partial charge in [0, 0.05) is 18.7 Å². The lowest BCUT2D eigenvalue weighted by atomic mass is 10.1. The molecule has 7 nitrogen and oxygen atoms in total. The Kier molecular flexibility index (Phi) is 3.19. The Bertz CT molecular complexity index is 469. The summed E-state index contributed by atoms with van der Waals surface area (Å²) in [5.74, 6) is -1.95. The van der Waals surface area contributed by atoms with E-state index in [9.17, 15) is 19.7 Å². The second-order valence-electron chi connectivity index (χ2n) is 2.87. The lowest BCUT2D eigenvalue weighted by Gasteiger charge is -2.02. The molecule has 0 aromatic heterocycles. The van der Waals surface area contributed by atoms with E-state index in [1.54, 1.807) is 0 Å². The van der Waals surface area contributed by atoms with E-state index in [4.69, 9.17) is 5.11 Å². The number of aromatic carboxylic acids is 1. The minimum absolute atomic E-state index is 0.0606. The fourth-order valence-corrected chi connectivity index (χ4v) is 1.15. The van der Waals surface area contributed by atoms with Crippen LogP contribution in [0.5, 0.6) is 0 Å². The molecule has 0 saturated heterocycles. The van der Waals surface area contributed by atoms with Crippen LogP contribution in [0.25, 0.3) is 0 Å². The first kappa shape index (κ1) is 11.6. The first-order valence-corrected chi connectivity index (χ1v) is 4.21. The summed E-state index contributed by atoms with van der Waals surface area (Å²) >= 11 is 0. The molecule has 0 aliphatic rings. The molecule has 0 radical (unpaired) electrons. The van der Waals surface area contributed by atoms with Gasteiger partial charge in [-0.3, -0.25) is 14.9 Å². The molecule has 1 amide bonds. The molecule has 84 valence electrons. The number of carboxylic acid groups (broad SMARTS) is 1. The lowest BCUT2D eigenvalue weighted by Crippen LogP contribution is -2.18. The van der Waals surface area contributed by atoms with Crippen molar-refractivity contribution in [2.75, 3.05) is 7.05 Å². The van der Waals surface area contributed by atoms with Gasteiger partial charge in [-0.1, -0.05) is 0 Å². The quantitative estimate of drug-likeness (QED) is 0.578. The number of carbonyl (C=O) groups is 2. The highest BCUT2D eigenvalue weighted by Crippen LogP contribution is 2.19. The van der Waals surface area contributed by atoms with Gasteiger partial charge in [0.05, 0.1) is 4.92 Å². The van der Waals surface area contributed by atoms with E-state index >= 15 is 0 Å². The summed E-state index contributed by atoms with van der Waals surface area (Å²) in [6, 6.07) is 3.16. The molecule has 0 aliphatic heterocycles. The van der Waals surface area contributed by atoms with Gasteiger partial charge in [-0.2, -0.15) is 0 Å². The van der Waals surface area contributed by atoms with Crippen LogP contribution in [0.15, 0.2) is 18.2 Å². The van der Waals surface area contributed by atoms with Gasteiger partial charge in [0.2, 0.25) is 0 Å². The smallest absolute Gasteiger partial charge is 0.342 e. The van der Waals surface area contributed by atoms with E-state index in [0.717, 1.165) is 12.1 Å². The van der Waals surface area contributed by atoms with Gasteiger partial charge in [0.15, 0.2) is 0 Å². The monoisotopic (exact) mass is 224 g/mol. The highest BCUT2D eigenvalue weighted by Gasteiger charge is 2.21. The normalized spacial score (nSPS) is 9.56. The molecule has 0 bridgehead atoms. The van der Waals surface area contributed by atoms with Gasteiger partial charge in [0.25, 0.3) is 11.6 Å². The molecule has 0 unspecified atom stereocenters. The molecule has 0 spiro atoms. The predicted molar refractivity (Wildman–Crippen MR) is 53.4 cm³/mol. The molecule has 7 heteroatoms. The molecular weight excluding hydrogens is 216 g/mol. The van der Waals surface area contributed by atoms with Crippen molar-refractivity contribution < 1.29 is 19.6 Å². The summed E-state index contributed by atoms with van der Waals surface area (Å²) in [7, 11) is 1.38. The van der Waals surface area contributed by atoms with E-state index in [-0.39, 0.29) is 5.56 Å². The molecule has 1 rings (SSSR count). The molecule has 0 fully saturated rings. The molecule has 1 aromatic rings. The van der Waals surface area contributed by atoms with Crippen molar-refractivity contribution in [1.29, 1.82) is 0 Å². The Morgan fingerprint density at radius 1 is 1.44 bits per heavy atom. The maximum Gasteiger partial charge on any atom is 0.342 e. The number of nitrogens with one attached hydrogen (secondary N) is 1. The molecule has 1 aromatic carbocycles. The summed E-state index contributed by atoms with van der Waals surface area (Å²) in [4.78, 5) is 31.7. The molecule has 0 atom stereocenters. The lowest BCUT2D eigenvalue weighted by molar-refractivity contribution is -0.385. The minimum Gasteiger partial charge on any atom is -0.477 e. The number of carboxylic acids is 1. The Hall–Kier alpha value is -2.44. The van der Waals surface area contributed by atoms with Crippen LogP contribution in [0, 0.1) is 10.1 Å². The summed E-state index contributed by atoms with van der Waals surface area (Å²) < 4.78 is 0. The third-order valence-corrected chi connectivity index (χ3v) is 1.91. The summed E-state index contributed by atoms with van der Waals surface area (Å²) in [5, 5.41) is 21.6. The average Bonchev–Trinajstić information content (AvgIpc) is 2.26. The van der Waals surface area contributed by atoms with Gasteiger partial charge in [0.1, 0.15) is 5.56 Å². The Morgan fingerprint density at radius 3 is 2.50 bits per heavy atom. The summed E-state index contributed by atoms with van der Waals surface area (Å²) in [5.41, 5.74) is -0.989. The van der Waals surface area contributed by atoms with Crippen LogP contribution < -0.4 is 5.32 Å². The van der Waals surface area contributed by atoms with E-state index in [1.807, 2.05) is 0 Å². The van der Waals surface area contributed by atoms with Crippen LogP contribution in [0.2, 0.25) is 0 Å². The van der Waals surface area contributed by atoms with Crippen molar-refractivity contribution in [3.05, 3.63) is 39.4 Å². The van der Waals surface area contributed by atoms with Crippen LogP contribution >= 0.6 is 0 Å². The van der Waals surface area contributed by atoms with Crippen molar-refractivity contribution >= 4 is 17.6 Å². The van der Waals surface area contributed by atoms with Gasteiger partial charge in [-0.05, 0) is 12.1 Å². The predicted octanol–water partition coefficient (Wildman–Crippen LogP) is 0.653. The van der Waals surface area contributed by atoms with E-state index in [1.165, 1.54) is 13.1 Å². The zero-order chi connectivity index (χ0) is 12.3. The maximum atomic E-state index is 11.2. The van der Waals surface area contributed by atoms with Crippen LogP contribution in [-0.4, -0.2) is 29.0 Å². The molecule has 16 heavy (non-hydrogen) atoms. The van der Waals surface area contributed by atoms with E-state index in [2.05, 4.69) is 5.32 Å². The third kappa shape index (κ3) is 2.14. The maximum absolute atomic E-state index is 11.2. The molecule has 2 N–H and O–H groups in total. The zero-order valence-corrected chi connectivity index (χ0v) is 8.26. The SMILES string of the molecule is CNC(=O)c1ccc([N+](=O)[O-])c(C(=O)O)c1. The van der Waals surface area contributed by atoms with Crippen LogP contribution in [0.3, 0.4) is 0 Å². The van der Waals surface area contributed by atoms with E-state index in [0.29, 0.717) is 0 Å². The van der Waals surface area contributed by atoms with Gasteiger partial charge in [-0.25, -0.2) is 4.79 Å². The summed E-state index contributed by atoms with van der Waals surface area (Å²) in [6.45, 7) is 0. The number of carbonyl (C=O) groups excluding carboxylic acids is 1. The fourth-order valence-electron chi connectivity index (χ4n) is 1.15. The first-order valence-electron chi connectivity index (χ1n) is 4.21. The molecule has 0 saturated carbocycles. The Morgan fingerprint density at radius 2 is 2.06 bits per heavy atom. The Labute approximate surface area is 89.8 Å². The number of hydrogen-bond donors (Lipinski definition) is 2. The Balaban J connectivity index is 3.34. The first-order chi connectivity index (χ1) is 7.47. The number of amides is 1. The molecular formula is C9H8N2O5. The summed E-state index contributed by atoms with van der Waals surface area (Å²) in [6.07, 6.45) is 0. The van der Waals surface area contributed by atoms with Crippen LogP contribution in [0.4, 0.5) is 5.69 Å². The molecule has 0 aliphatic carbocycles. The number of nitro groups is 1. The highest BCUT2D eigenvalue weighted by atomic mass is 16.6. The van der Waals surface area contributed by atoms with Crippen LogP contribution in [0.1, 0.15) is 20.7 Å². The fraction of sp³-hybridized carbons (Fsp3) is 0.111. The van der Waals surface area contributed by atoms with Crippen molar-refractivity contribution in [1.82, 2.24) is 5.32 Å². The van der Waals surface area contributed by atoms with Crippen LogP contribution in [-0.2, 0) is 0 Å². The minimum atomic E-state index is -1.45. The van der Waals surface area contributed by atoms with Crippen molar-refractivity contribution in [2.45, 2.75) is 0 Å². The van der Waals surface area contributed by atoms with E-state index < -0.39 is 28.1 Å². The largest absolute Gasteiger partial charge is 0.477 e.